The van der Waals surface area contributed by atoms with E-state index in [4.69, 9.17) is 10.00 Å². The van der Waals surface area contributed by atoms with Gasteiger partial charge in [-0.3, -0.25) is 0 Å². The molecule has 0 amide bonds. The number of hydrogen-bond donors (Lipinski definition) is 1. The topological polar surface area (TPSA) is 53.2 Å². The Balaban J connectivity index is 2.29. The molecule has 0 saturated heterocycles. The molecule has 0 aliphatic heterocycles. The molecule has 0 aromatic heterocycles. The van der Waals surface area contributed by atoms with Crippen LogP contribution in [-0.2, 0) is 0 Å². The van der Waals surface area contributed by atoms with Crippen molar-refractivity contribution in [2.24, 2.45) is 0 Å². The van der Waals surface area contributed by atoms with Gasteiger partial charge in [0.25, 0.3) is 0 Å². The molecule has 0 atom stereocenters. The summed E-state index contributed by atoms with van der Waals surface area (Å²) in [6.45, 7) is 0. The summed E-state index contributed by atoms with van der Waals surface area (Å²) >= 11 is 5.34. The van der Waals surface area contributed by atoms with Gasteiger partial charge in [0.1, 0.15) is 17.2 Å². The number of halogens is 2. The number of nitriles is 1. The second-order valence-electron chi connectivity index (χ2n) is 3.47. The van der Waals surface area contributed by atoms with Crippen LogP contribution in [0.4, 0.5) is 0 Å². The van der Waals surface area contributed by atoms with E-state index >= 15 is 0 Å². The lowest BCUT2D eigenvalue weighted by Gasteiger charge is -2.08. The van der Waals surface area contributed by atoms with Crippen molar-refractivity contribution in [1.29, 1.82) is 5.26 Å². The van der Waals surface area contributed by atoms with E-state index in [2.05, 4.69) is 44.6 Å². The molecular formula is C13H7BrINO2. The molecule has 2 aromatic rings. The van der Waals surface area contributed by atoms with Crippen LogP contribution in [0.15, 0.2) is 40.9 Å². The zero-order chi connectivity index (χ0) is 13.1. The maximum Gasteiger partial charge on any atom is 0.140 e. The number of phenolic OH excluding ortho intramolecular Hbond substituents is 1. The zero-order valence-corrected chi connectivity index (χ0v) is 12.8. The molecule has 0 heterocycles. The van der Waals surface area contributed by atoms with Gasteiger partial charge in [-0.1, -0.05) is 0 Å². The first-order valence-corrected chi connectivity index (χ1v) is 6.83. The minimum absolute atomic E-state index is 0.164. The molecule has 18 heavy (non-hydrogen) atoms. The van der Waals surface area contributed by atoms with E-state index in [-0.39, 0.29) is 5.75 Å². The van der Waals surface area contributed by atoms with Crippen LogP contribution in [-0.4, -0.2) is 5.11 Å². The molecule has 0 aliphatic carbocycles. The molecule has 2 aromatic carbocycles. The van der Waals surface area contributed by atoms with Crippen molar-refractivity contribution in [3.63, 3.8) is 0 Å². The van der Waals surface area contributed by atoms with Gasteiger partial charge in [0.15, 0.2) is 0 Å². The molecule has 90 valence electrons. The van der Waals surface area contributed by atoms with E-state index in [0.717, 1.165) is 3.57 Å². The lowest BCUT2D eigenvalue weighted by Crippen LogP contribution is -1.88. The van der Waals surface area contributed by atoms with Crippen LogP contribution in [0.2, 0.25) is 0 Å². The Bertz CT molecular complexity index is 637. The monoisotopic (exact) mass is 415 g/mol. The van der Waals surface area contributed by atoms with Gasteiger partial charge in [0.2, 0.25) is 0 Å². The summed E-state index contributed by atoms with van der Waals surface area (Å²) in [5.74, 6) is 1.45. The van der Waals surface area contributed by atoms with Crippen molar-refractivity contribution in [3.8, 4) is 23.3 Å². The summed E-state index contributed by atoms with van der Waals surface area (Å²) in [6, 6.07) is 12.2. The maximum atomic E-state index is 9.39. The first-order chi connectivity index (χ1) is 8.60. The lowest BCUT2D eigenvalue weighted by atomic mass is 10.2. The standard InChI is InChI=1S/C13H7BrINO2/c14-10-6-9(2-3-12(10)17)18-13-4-1-8(7-16)5-11(13)15/h1-6,17H. The Morgan fingerprint density at radius 2 is 2.00 bits per heavy atom. The van der Waals surface area contributed by atoms with Crippen molar-refractivity contribution >= 4 is 38.5 Å². The number of hydrogen-bond acceptors (Lipinski definition) is 3. The van der Waals surface area contributed by atoms with Gasteiger partial charge in [-0.15, -0.1) is 0 Å². The minimum Gasteiger partial charge on any atom is -0.507 e. The summed E-state index contributed by atoms with van der Waals surface area (Å²) in [7, 11) is 0. The SMILES string of the molecule is N#Cc1ccc(Oc2ccc(O)c(Br)c2)c(I)c1. The van der Waals surface area contributed by atoms with Gasteiger partial charge in [-0.25, -0.2) is 0 Å². The zero-order valence-electron chi connectivity index (χ0n) is 9.02. The number of phenols is 1. The Labute approximate surface area is 126 Å². The van der Waals surface area contributed by atoms with Crippen LogP contribution in [0, 0.1) is 14.9 Å². The highest BCUT2D eigenvalue weighted by molar-refractivity contribution is 14.1. The number of nitrogens with zero attached hydrogens (tertiary/aromatic N) is 1. The predicted octanol–water partition coefficient (Wildman–Crippen LogP) is 4.42. The molecule has 2 rings (SSSR count). The first-order valence-electron chi connectivity index (χ1n) is 4.96. The van der Waals surface area contributed by atoms with Crippen molar-refractivity contribution in [1.82, 2.24) is 0 Å². The fraction of sp³-hybridized carbons (Fsp3) is 0. The maximum absolute atomic E-state index is 9.39. The highest BCUT2D eigenvalue weighted by atomic mass is 127. The van der Waals surface area contributed by atoms with Crippen LogP contribution in [0.25, 0.3) is 0 Å². The van der Waals surface area contributed by atoms with E-state index in [1.54, 1.807) is 36.4 Å². The van der Waals surface area contributed by atoms with Gasteiger partial charge in [0, 0.05) is 0 Å². The number of ether oxygens (including phenoxy) is 1. The van der Waals surface area contributed by atoms with Crippen LogP contribution >= 0.6 is 38.5 Å². The van der Waals surface area contributed by atoms with Crippen LogP contribution in [0.1, 0.15) is 5.56 Å². The van der Waals surface area contributed by atoms with Crippen molar-refractivity contribution in [3.05, 3.63) is 50.0 Å². The Hall–Kier alpha value is -1.26. The molecule has 0 unspecified atom stereocenters. The molecule has 0 aliphatic rings. The third-order valence-corrected chi connectivity index (χ3v) is 3.69. The van der Waals surface area contributed by atoms with Crippen LogP contribution < -0.4 is 4.74 Å². The number of aromatic hydroxyl groups is 1. The second-order valence-corrected chi connectivity index (χ2v) is 5.49. The molecule has 5 heteroatoms. The molecule has 0 radical (unpaired) electrons. The summed E-state index contributed by atoms with van der Waals surface area (Å²) < 4.78 is 7.12. The second kappa shape index (κ2) is 5.59. The van der Waals surface area contributed by atoms with Gasteiger partial charge >= 0.3 is 0 Å². The molecular weight excluding hydrogens is 409 g/mol. The van der Waals surface area contributed by atoms with Gasteiger partial charge in [0.05, 0.1) is 19.7 Å². The van der Waals surface area contributed by atoms with Gasteiger partial charge in [-0.05, 0) is 74.9 Å². The average Bonchev–Trinajstić information content (AvgIpc) is 2.36. The largest absolute Gasteiger partial charge is 0.507 e. The van der Waals surface area contributed by atoms with Crippen molar-refractivity contribution in [2.45, 2.75) is 0 Å². The summed E-state index contributed by atoms with van der Waals surface area (Å²) in [5, 5.41) is 18.2. The number of rotatable bonds is 2. The fourth-order valence-electron chi connectivity index (χ4n) is 1.33. The van der Waals surface area contributed by atoms with E-state index in [0.29, 0.717) is 21.5 Å². The lowest BCUT2D eigenvalue weighted by molar-refractivity contribution is 0.460. The van der Waals surface area contributed by atoms with Crippen LogP contribution in [0.3, 0.4) is 0 Å². The predicted molar refractivity (Wildman–Crippen MR) is 79.8 cm³/mol. The van der Waals surface area contributed by atoms with Gasteiger partial charge < -0.3 is 9.84 Å². The number of benzene rings is 2. The Morgan fingerprint density at radius 3 is 2.61 bits per heavy atom. The highest BCUT2D eigenvalue weighted by Gasteiger charge is 2.06. The highest BCUT2D eigenvalue weighted by Crippen LogP contribution is 2.32. The molecule has 3 nitrogen and oxygen atoms in total. The van der Waals surface area contributed by atoms with Gasteiger partial charge in [-0.2, -0.15) is 5.26 Å². The third kappa shape index (κ3) is 2.94. The summed E-state index contributed by atoms with van der Waals surface area (Å²) in [6.07, 6.45) is 0. The summed E-state index contributed by atoms with van der Waals surface area (Å²) in [4.78, 5) is 0. The Kier molecular flexibility index (Phi) is 4.09. The quantitative estimate of drug-likeness (QED) is 0.738. The normalized spacial score (nSPS) is 9.83. The average molecular weight is 416 g/mol. The van der Waals surface area contributed by atoms with E-state index in [9.17, 15) is 5.11 Å². The fourth-order valence-corrected chi connectivity index (χ4v) is 2.31. The minimum atomic E-state index is 0.164. The molecule has 0 fully saturated rings. The van der Waals surface area contributed by atoms with E-state index < -0.39 is 0 Å². The molecule has 0 spiro atoms. The molecule has 0 saturated carbocycles. The Morgan fingerprint density at radius 1 is 1.22 bits per heavy atom. The summed E-state index contributed by atoms with van der Waals surface area (Å²) in [5.41, 5.74) is 0.596. The third-order valence-electron chi connectivity index (χ3n) is 2.21. The molecule has 1 N–H and O–H groups in total. The van der Waals surface area contributed by atoms with Crippen molar-refractivity contribution in [2.75, 3.05) is 0 Å². The van der Waals surface area contributed by atoms with Crippen molar-refractivity contribution < 1.29 is 9.84 Å². The van der Waals surface area contributed by atoms with E-state index in [1.807, 2.05) is 0 Å². The molecule has 0 bridgehead atoms. The van der Waals surface area contributed by atoms with Crippen LogP contribution in [0.5, 0.6) is 17.2 Å². The smallest absolute Gasteiger partial charge is 0.140 e. The first kappa shape index (κ1) is 13.2. The van der Waals surface area contributed by atoms with E-state index in [1.165, 1.54) is 0 Å².